The first-order valence-electron chi connectivity index (χ1n) is 11.0. The van der Waals surface area contributed by atoms with Gasteiger partial charge in [-0.25, -0.2) is 0 Å². The SMILES string of the molecule is CCCCCCCCCCC(OS(=O)(=O)c1ccc(C)cc1)C(=O)c1ccccc1. The summed E-state index contributed by atoms with van der Waals surface area (Å²) in [6.45, 7) is 4.09. The van der Waals surface area contributed by atoms with E-state index in [0.29, 0.717) is 12.0 Å². The van der Waals surface area contributed by atoms with E-state index in [1.165, 1.54) is 44.2 Å². The van der Waals surface area contributed by atoms with Gasteiger partial charge in [0, 0.05) is 5.56 Å². The Kier molecular flexibility index (Phi) is 10.2. The predicted molar refractivity (Wildman–Crippen MR) is 121 cm³/mol. The van der Waals surface area contributed by atoms with Crippen molar-refractivity contribution >= 4 is 15.9 Å². The molecule has 0 bridgehead atoms. The average Bonchev–Trinajstić information content (AvgIpc) is 2.75. The quantitative estimate of drug-likeness (QED) is 0.195. The molecule has 2 aromatic carbocycles. The molecular weight excluding hydrogens is 396 g/mol. The van der Waals surface area contributed by atoms with Crippen LogP contribution >= 0.6 is 0 Å². The highest BCUT2D eigenvalue weighted by Crippen LogP contribution is 2.21. The van der Waals surface area contributed by atoms with Crippen molar-refractivity contribution < 1.29 is 17.4 Å². The number of hydrogen-bond donors (Lipinski definition) is 0. The van der Waals surface area contributed by atoms with E-state index >= 15 is 0 Å². The molecule has 4 nitrogen and oxygen atoms in total. The van der Waals surface area contributed by atoms with E-state index in [1.807, 2.05) is 13.0 Å². The summed E-state index contributed by atoms with van der Waals surface area (Å²) in [5.74, 6) is -0.283. The number of benzene rings is 2. The molecule has 0 saturated carbocycles. The lowest BCUT2D eigenvalue weighted by atomic mass is 10.0. The minimum Gasteiger partial charge on any atom is -0.291 e. The highest BCUT2D eigenvalue weighted by Gasteiger charge is 2.28. The summed E-state index contributed by atoms with van der Waals surface area (Å²) in [6, 6.07) is 15.3. The number of carbonyl (C=O) groups excluding carboxylic acids is 1. The molecule has 0 saturated heterocycles. The molecule has 0 aliphatic carbocycles. The number of carbonyl (C=O) groups is 1. The van der Waals surface area contributed by atoms with E-state index in [9.17, 15) is 13.2 Å². The Morgan fingerprint density at radius 1 is 0.833 bits per heavy atom. The van der Waals surface area contributed by atoms with Gasteiger partial charge in [0.15, 0.2) is 5.78 Å². The van der Waals surface area contributed by atoms with Crippen LogP contribution in [0.2, 0.25) is 0 Å². The molecule has 0 aliphatic heterocycles. The fraction of sp³-hybridized carbons (Fsp3) is 0.480. The first-order chi connectivity index (χ1) is 14.4. The lowest BCUT2D eigenvalue weighted by molar-refractivity contribution is 0.0783. The first-order valence-corrected chi connectivity index (χ1v) is 12.4. The molecule has 0 fully saturated rings. The maximum Gasteiger partial charge on any atom is 0.297 e. The van der Waals surface area contributed by atoms with E-state index in [0.717, 1.165) is 24.8 Å². The standard InChI is InChI=1S/C25H34O4S/c1-3-4-5-6-7-8-9-13-16-24(25(26)22-14-11-10-12-15-22)29-30(27,28)23-19-17-21(2)18-20-23/h10-12,14-15,17-20,24H,3-9,13,16H2,1-2H3. The van der Waals surface area contributed by atoms with Crippen molar-refractivity contribution in [2.75, 3.05) is 0 Å². The van der Waals surface area contributed by atoms with Gasteiger partial charge in [0.1, 0.15) is 6.10 Å². The number of unbranched alkanes of at least 4 members (excludes halogenated alkanes) is 7. The summed E-state index contributed by atoms with van der Waals surface area (Å²) in [6.07, 6.45) is 8.42. The molecule has 164 valence electrons. The molecule has 0 aliphatic rings. The van der Waals surface area contributed by atoms with Crippen molar-refractivity contribution in [2.24, 2.45) is 0 Å². The van der Waals surface area contributed by atoms with Crippen LogP contribution in [-0.2, 0) is 14.3 Å². The van der Waals surface area contributed by atoms with E-state index in [-0.39, 0.29) is 10.7 Å². The minimum absolute atomic E-state index is 0.0786. The van der Waals surface area contributed by atoms with E-state index in [1.54, 1.807) is 36.4 Å². The third-order valence-corrected chi connectivity index (χ3v) is 6.56. The molecule has 1 atom stereocenters. The Balaban J connectivity index is 2.00. The zero-order valence-electron chi connectivity index (χ0n) is 18.2. The molecular formula is C25H34O4S. The van der Waals surface area contributed by atoms with Gasteiger partial charge in [-0.05, 0) is 25.5 Å². The Morgan fingerprint density at radius 2 is 1.40 bits per heavy atom. The number of ketones is 1. The summed E-state index contributed by atoms with van der Waals surface area (Å²) >= 11 is 0. The van der Waals surface area contributed by atoms with Gasteiger partial charge >= 0.3 is 0 Å². The van der Waals surface area contributed by atoms with Crippen molar-refractivity contribution in [3.63, 3.8) is 0 Å². The van der Waals surface area contributed by atoms with Crippen LogP contribution in [0.5, 0.6) is 0 Å². The molecule has 2 rings (SSSR count). The Hall–Kier alpha value is -1.98. The number of aryl methyl sites for hydroxylation is 1. The fourth-order valence-corrected chi connectivity index (χ4v) is 4.46. The van der Waals surface area contributed by atoms with Crippen LogP contribution in [-0.4, -0.2) is 20.3 Å². The molecule has 30 heavy (non-hydrogen) atoms. The second kappa shape index (κ2) is 12.7. The molecule has 5 heteroatoms. The first kappa shape index (κ1) is 24.3. The Bertz CT molecular complexity index is 858. The van der Waals surface area contributed by atoms with Gasteiger partial charge in [0.2, 0.25) is 0 Å². The zero-order valence-corrected chi connectivity index (χ0v) is 19.0. The Morgan fingerprint density at radius 3 is 2.00 bits per heavy atom. The second-order valence-electron chi connectivity index (χ2n) is 7.85. The topological polar surface area (TPSA) is 60.4 Å². The van der Waals surface area contributed by atoms with Gasteiger partial charge < -0.3 is 0 Å². The number of Topliss-reactive ketones (excluding diaryl/α,β-unsaturated/α-hetero) is 1. The molecule has 0 radical (unpaired) electrons. The summed E-state index contributed by atoms with van der Waals surface area (Å²) in [5.41, 5.74) is 1.44. The summed E-state index contributed by atoms with van der Waals surface area (Å²) < 4.78 is 31.0. The van der Waals surface area contributed by atoms with Crippen LogP contribution in [0, 0.1) is 6.92 Å². The summed E-state index contributed by atoms with van der Waals surface area (Å²) in [7, 11) is -4.01. The average molecular weight is 431 g/mol. The molecule has 2 aromatic rings. The Labute approximate surface area is 181 Å². The van der Waals surface area contributed by atoms with Gasteiger partial charge in [-0.2, -0.15) is 8.42 Å². The van der Waals surface area contributed by atoms with Crippen molar-refractivity contribution in [3.8, 4) is 0 Å². The van der Waals surface area contributed by atoms with Crippen LogP contribution in [0.4, 0.5) is 0 Å². The predicted octanol–water partition coefficient (Wildman–Crippen LogP) is 6.48. The van der Waals surface area contributed by atoms with E-state index in [4.69, 9.17) is 4.18 Å². The highest BCUT2D eigenvalue weighted by molar-refractivity contribution is 7.86. The van der Waals surface area contributed by atoms with Crippen LogP contribution in [0.25, 0.3) is 0 Å². The highest BCUT2D eigenvalue weighted by atomic mass is 32.2. The largest absolute Gasteiger partial charge is 0.297 e. The molecule has 0 aromatic heterocycles. The van der Waals surface area contributed by atoms with Crippen molar-refractivity contribution in [2.45, 2.75) is 82.6 Å². The number of rotatable bonds is 14. The van der Waals surface area contributed by atoms with Gasteiger partial charge in [0.05, 0.1) is 4.90 Å². The summed E-state index contributed by atoms with van der Waals surface area (Å²) in [5, 5.41) is 0. The van der Waals surface area contributed by atoms with Crippen molar-refractivity contribution in [1.29, 1.82) is 0 Å². The van der Waals surface area contributed by atoms with E-state index in [2.05, 4.69) is 6.92 Å². The molecule has 1 unspecified atom stereocenters. The fourth-order valence-electron chi connectivity index (χ4n) is 3.39. The van der Waals surface area contributed by atoms with Crippen molar-refractivity contribution in [3.05, 3.63) is 65.7 Å². The van der Waals surface area contributed by atoms with Crippen LogP contribution < -0.4 is 0 Å². The van der Waals surface area contributed by atoms with Gasteiger partial charge in [-0.3, -0.25) is 8.98 Å². The minimum atomic E-state index is -4.01. The number of hydrogen-bond acceptors (Lipinski definition) is 4. The lowest BCUT2D eigenvalue weighted by Crippen LogP contribution is -2.27. The molecule has 0 amide bonds. The third-order valence-electron chi connectivity index (χ3n) is 5.22. The van der Waals surface area contributed by atoms with Crippen molar-refractivity contribution in [1.82, 2.24) is 0 Å². The van der Waals surface area contributed by atoms with Gasteiger partial charge in [0.25, 0.3) is 10.1 Å². The van der Waals surface area contributed by atoms with E-state index < -0.39 is 16.2 Å². The van der Waals surface area contributed by atoms with Crippen LogP contribution in [0.3, 0.4) is 0 Å². The monoisotopic (exact) mass is 430 g/mol. The molecule has 0 heterocycles. The normalized spacial score (nSPS) is 12.6. The van der Waals surface area contributed by atoms with Crippen LogP contribution in [0.1, 0.15) is 80.6 Å². The zero-order chi connectivity index (χ0) is 21.8. The molecule has 0 spiro atoms. The second-order valence-corrected chi connectivity index (χ2v) is 9.42. The maximum atomic E-state index is 13.0. The van der Waals surface area contributed by atoms with Crippen LogP contribution in [0.15, 0.2) is 59.5 Å². The van der Waals surface area contributed by atoms with Gasteiger partial charge in [-0.15, -0.1) is 0 Å². The third kappa shape index (κ3) is 8.04. The molecule has 0 N–H and O–H groups in total. The van der Waals surface area contributed by atoms with Gasteiger partial charge in [-0.1, -0.05) is 106 Å². The summed E-state index contributed by atoms with van der Waals surface area (Å²) in [4.78, 5) is 13.0. The smallest absolute Gasteiger partial charge is 0.291 e. The lowest BCUT2D eigenvalue weighted by Gasteiger charge is -2.17. The maximum absolute atomic E-state index is 13.0.